The average Bonchev–Trinajstić information content (AvgIpc) is 2.72. The van der Waals surface area contributed by atoms with Crippen molar-refractivity contribution in [3.63, 3.8) is 0 Å². The Bertz CT molecular complexity index is 779. The van der Waals surface area contributed by atoms with Gasteiger partial charge in [-0.25, -0.2) is 0 Å². The molecule has 1 amide bonds. The minimum absolute atomic E-state index is 0.108. The summed E-state index contributed by atoms with van der Waals surface area (Å²) in [5.74, 6) is -0.242. The molecular weight excluding hydrogens is 513 g/mol. The summed E-state index contributed by atoms with van der Waals surface area (Å²) in [5, 5.41) is 14.5. The number of hydrogen-bond acceptors (Lipinski definition) is 2. The summed E-state index contributed by atoms with van der Waals surface area (Å²) in [4.78, 5) is 12.1. The van der Waals surface area contributed by atoms with Gasteiger partial charge >= 0.3 is 0 Å². The molecule has 2 aromatic rings. The highest BCUT2D eigenvalue weighted by Gasteiger charge is 2.24. The molecule has 0 unspecified atom stereocenters. The first-order valence-electron chi connectivity index (χ1n) is 5.95. The zero-order valence-corrected chi connectivity index (χ0v) is 15.7. The van der Waals surface area contributed by atoms with Gasteiger partial charge in [0.15, 0.2) is 0 Å². The summed E-state index contributed by atoms with van der Waals surface area (Å²) in [6.45, 7) is 0. The van der Waals surface area contributed by atoms with Crippen LogP contribution in [-0.4, -0.2) is 5.91 Å². The van der Waals surface area contributed by atoms with Gasteiger partial charge in [0, 0.05) is 29.3 Å². The number of rotatable bonds is 1. The van der Waals surface area contributed by atoms with E-state index in [1.165, 1.54) is 0 Å². The molecule has 0 fully saturated rings. The van der Waals surface area contributed by atoms with Crippen LogP contribution in [0.15, 0.2) is 39.3 Å². The third kappa shape index (κ3) is 2.89. The van der Waals surface area contributed by atoms with E-state index in [1.807, 2.05) is 18.2 Å². The van der Waals surface area contributed by atoms with Crippen LogP contribution >= 0.6 is 54.5 Å². The van der Waals surface area contributed by atoms with Crippen LogP contribution in [0.1, 0.15) is 11.1 Å². The van der Waals surface area contributed by atoms with Crippen LogP contribution in [-0.2, 0) is 4.79 Å². The molecule has 2 aromatic carbocycles. The highest BCUT2D eigenvalue weighted by molar-refractivity contribution is 14.1. The normalized spacial score (nSPS) is 15.2. The highest BCUT2D eigenvalue weighted by Crippen LogP contribution is 2.36. The van der Waals surface area contributed by atoms with Gasteiger partial charge in [-0.3, -0.25) is 4.79 Å². The molecule has 0 spiro atoms. The van der Waals surface area contributed by atoms with Crippen LogP contribution in [0.4, 0.5) is 5.69 Å². The van der Waals surface area contributed by atoms with Crippen molar-refractivity contribution in [2.45, 2.75) is 0 Å². The number of fused-ring (bicyclic) bond motifs is 1. The molecule has 6 heteroatoms. The van der Waals surface area contributed by atoms with Gasteiger partial charge in [0.25, 0.3) is 5.91 Å². The molecule has 0 atom stereocenters. The second kappa shape index (κ2) is 5.73. The Hall–Kier alpha value is -0.860. The van der Waals surface area contributed by atoms with Crippen molar-refractivity contribution in [3.05, 3.63) is 54.0 Å². The average molecular weight is 520 g/mol. The number of nitrogens with one attached hydrogen (secondary N) is 1. The molecule has 21 heavy (non-hydrogen) atoms. The van der Waals surface area contributed by atoms with E-state index in [0.29, 0.717) is 14.5 Å². The lowest BCUT2D eigenvalue weighted by Crippen LogP contribution is -2.03. The smallest absolute Gasteiger partial charge is 0.256 e. The number of carbonyl (C=O) groups excluding carboxylic acids is 1. The summed E-state index contributed by atoms with van der Waals surface area (Å²) >= 11 is 8.68. The fraction of sp³-hybridized carbons (Fsp3) is 0. The first-order valence-corrected chi connectivity index (χ1v) is 8.61. The molecule has 1 aliphatic rings. The van der Waals surface area contributed by atoms with Crippen LogP contribution < -0.4 is 10.4 Å². The van der Waals surface area contributed by atoms with E-state index >= 15 is 0 Å². The van der Waals surface area contributed by atoms with E-state index in [4.69, 9.17) is 0 Å². The van der Waals surface area contributed by atoms with Crippen LogP contribution in [0.5, 0.6) is 5.75 Å². The van der Waals surface area contributed by atoms with E-state index in [0.717, 1.165) is 20.4 Å². The molecule has 1 heterocycles. The summed E-state index contributed by atoms with van der Waals surface area (Å²) in [7, 11) is 0. The Morgan fingerprint density at radius 2 is 1.81 bits per heavy atom. The van der Waals surface area contributed by atoms with Crippen LogP contribution in [0, 0.1) is 3.57 Å². The Morgan fingerprint density at radius 1 is 1.14 bits per heavy atom. The van der Waals surface area contributed by atoms with Gasteiger partial charge in [-0.15, -0.1) is 0 Å². The third-order valence-corrected chi connectivity index (χ3v) is 4.95. The Kier molecular flexibility index (Phi) is 4.11. The lowest BCUT2D eigenvalue weighted by atomic mass is 10.0. The van der Waals surface area contributed by atoms with Gasteiger partial charge in [-0.05, 0) is 64.6 Å². The molecular formula is C15H7Br2INO2-. The van der Waals surface area contributed by atoms with Gasteiger partial charge < -0.3 is 10.4 Å². The number of carbonyl (C=O) groups is 1. The minimum atomic E-state index is -0.134. The van der Waals surface area contributed by atoms with Crippen molar-refractivity contribution in [1.82, 2.24) is 0 Å². The molecule has 0 saturated carbocycles. The predicted octanol–water partition coefficient (Wildman–Crippen LogP) is 4.38. The zero-order valence-electron chi connectivity index (χ0n) is 10.4. The molecule has 1 N–H and O–H groups in total. The molecule has 3 nitrogen and oxygen atoms in total. The quantitative estimate of drug-likeness (QED) is 0.449. The largest absolute Gasteiger partial charge is 0.871 e. The first kappa shape index (κ1) is 15.1. The Labute approximate surface area is 151 Å². The van der Waals surface area contributed by atoms with E-state index in [9.17, 15) is 9.90 Å². The minimum Gasteiger partial charge on any atom is -0.871 e. The number of benzene rings is 2. The van der Waals surface area contributed by atoms with E-state index in [1.54, 1.807) is 18.2 Å². The maximum atomic E-state index is 12.1. The molecule has 0 bridgehead atoms. The van der Waals surface area contributed by atoms with Gasteiger partial charge in [0.05, 0.1) is 0 Å². The number of amides is 1. The maximum Gasteiger partial charge on any atom is 0.256 e. The maximum absolute atomic E-state index is 12.1. The van der Waals surface area contributed by atoms with E-state index in [2.05, 4.69) is 59.8 Å². The van der Waals surface area contributed by atoms with Crippen molar-refractivity contribution < 1.29 is 9.90 Å². The van der Waals surface area contributed by atoms with Crippen molar-refractivity contribution in [3.8, 4) is 5.75 Å². The van der Waals surface area contributed by atoms with E-state index < -0.39 is 0 Å². The topological polar surface area (TPSA) is 52.2 Å². The predicted molar refractivity (Wildman–Crippen MR) is 96.9 cm³/mol. The van der Waals surface area contributed by atoms with Gasteiger partial charge in [-0.1, -0.05) is 37.6 Å². The third-order valence-electron chi connectivity index (χ3n) is 3.10. The summed E-state index contributed by atoms with van der Waals surface area (Å²) in [6.07, 6.45) is 1.78. The van der Waals surface area contributed by atoms with Gasteiger partial charge in [0.1, 0.15) is 0 Å². The monoisotopic (exact) mass is 518 g/mol. The summed E-state index contributed by atoms with van der Waals surface area (Å²) in [5.41, 5.74) is 3.07. The number of halogens is 3. The van der Waals surface area contributed by atoms with Crippen LogP contribution in [0.3, 0.4) is 0 Å². The van der Waals surface area contributed by atoms with E-state index in [-0.39, 0.29) is 11.7 Å². The summed E-state index contributed by atoms with van der Waals surface area (Å²) < 4.78 is 1.99. The van der Waals surface area contributed by atoms with Crippen molar-refractivity contribution in [2.75, 3.05) is 5.32 Å². The highest BCUT2D eigenvalue weighted by atomic mass is 127. The molecule has 0 saturated heterocycles. The first-order chi connectivity index (χ1) is 9.95. The lowest BCUT2D eigenvalue weighted by molar-refractivity contribution is -0.270. The molecule has 106 valence electrons. The Balaban J connectivity index is 2.13. The SMILES string of the molecule is O=C1Nc2ccc(I)cc2/C1=C/c1cc(Br)c([O-])c(Br)c1. The molecule has 1 aliphatic heterocycles. The second-order valence-corrected chi connectivity index (χ2v) is 7.47. The van der Waals surface area contributed by atoms with Gasteiger partial charge in [-0.2, -0.15) is 0 Å². The number of anilines is 1. The zero-order chi connectivity index (χ0) is 15.1. The van der Waals surface area contributed by atoms with Crippen molar-refractivity contribution in [1.29, 1.82) is 0 Å². The molecule has 3 rings (SSSR count). The summed E-state index contributed by atoms with van der Waals surface area (Å²) in [6, 6.07) is 9.22. The standard InChI is InChI=1S/C15H8Br2INO2/c16-11-4-7(5-12(17)14(11)20)3-10-9-6-8(18)1-2-13(9)19-15(10)21/h1-6,20H,(H,19,21)/p-1/b10-3-. The fourth-order valence-corrected chi connectivity index (χ4v) is 3.85. The molecule has 0 aromatic heterocycles. The molecule has 0 radical (unpaired) electrons. The second-order valence-electron chi connectivity index (χ2n) is 4.52. The fourth-order valence-electron chi connectivity index (χ4n) is 2.13. The van der Waals surface area contributed by atoms with Crippen LogP contribution in [0.2, 0.25) is 0 Å². The van der Waals surface area contributed by atoms with Crippen molar-refractivity contribution >= 4 is 77.7 Å². The lowest BCUT2D eigenvalue weighted by Gasteiger charge is -2.12. The molecule has 0 aliphatic carbocycles. The van der Waals surface area contributed by atoms with Crippen molar-refractivity contribution in [2.24, 2.45) is 0 Å². The van der Waals surface area contributed by atoms with Gasteiger partial charge in [0.2, 0.25) is 0 Å². The number of hydrogen-bond donors (Lipinski definition) is 1. The van der Waals surface area contributed by atoms with Crippen LogP contribution in [0.25, 0.3) is 11.6 Å². The Morgan fingerprint density at radius 3 is 2.48 bits per heavy atom.